The van der Waals surface area contributed by atoms with Crippen LogP contribution >= 0.6 is 0 Å². The third-order valence-electron chi connectivity index (χ3n) is 2.57. The van der Waals surface area contributed by atoms with Crippen LogP contribution in [0.25, 0.3) is 0 Å². The van der Waals surface area contributed by atoms with Crippen molar-refractivity contribution in [3.63, 3.8) is 0 Å². The fourth-order valence-electron chi connectivity index (χ4n) is 1.67. The van der Waals surface area contributed by atoms with Gasteiger partial charge in [-0.1, -0.05) is 6.92 Å². The van der Waals surface area contributed by atoms with E-state index >= 15 is 0 Å². The minimum atomic E-state index is 0.293. The zero-order chi connectivity index (χ0) is 9.84. The van der Waals surface area contributed by atoms with Crippen molar-refractivity contribution in [3.8, 4) is 0 Å². The number of hydrogen-bond acceptors (Lipinski definition) is 2. The maximum atomic E-state index is 11.6. The van der Waals surface area contributed by atoms with E-state index in [4.69, 9.17) is 0 Å². The summed E-state index contributed by atoms with van der Waals surface area (Å²) >= 11 is 0. The Morgan fingerprint density at radius 2 is 2.08 bits per heavy atom. The summed E-state index contributed by atoms with van der Waals surface area (Å²) in [6.07, 6.45) is 1.06. The summed E-state index contributed by atoms with van der Waals surface area (Å²) in [7, 11) is 0. The second kappa shape index (κ2) is 4.61. The maximum Gasteiger partial charge on any atom is 0.236 e. The van der Waals surface area contributed by atoms with Gasteiger partial charge < -0.3 is 4.90 Å². The number of carbonyl (C=O) groups excluding carboxylic acids is 1. The molecular formula is C10H20N2O. The van der Waals surface area contributed by atoms with Crippen molar-refractivity contribution in [2.45, 2.75) is 33.2 Å². The van der Waals surface area contributed by atoms with Crippen LogP contribution in [0.1, 0.15) is 27.2 Å². The molecule has 0 aliphatic carbocycles. The minimum Gasteiger partial charge on any atom is -0.340 e. The first-order chi connectivity index (χ1) is 6.15. The lowest BCUT2D eigenvalue weighted by atomic mass is 10.2. The summed E-state index contributed by atoms with van der Waals surface area (Å²) in [6, 6.07) is 0.493. The Balaban J connectivity index is 2.42. The van der Waals surface area contributed by atoms with Crippen molar-refractivity contribution in [2.24, 2.45) is 0 Å². The van der Waals surface area contributed by atoms with Gasteiger partial charge in [-0.2, -0.15) is 0 Å². The van der Waals surface area contributed by atoms with Crippen LogP contribution in [0.4, 0.5) is 0 Å². The molecule has 76 valence electrons. The van der Waals surface area contributed by atoms with Crippen molar-refractivity contribution < 1.29 is 4.79 Å². The van der Waals surface area contributed by atoms with Gasteiger partial charge in [0, 0.05) is 25.7 Å². The van der Waals surface area contributed by atoms with Crippen LogP contribution in [-0.2, 0) is 4.79 Å². The molecule has 0 aromatic rings. The molecule has 3 heteroatoms. The summed E-state index contributed by atoms with van der Waals surface area (Å²) in [5.41, 5.74) is 0. The third kappa shape index (κ3) is 2.69. The number of amides is 1. The molecule has 1 amide bonds. The van der Waals surface area contributed by atoms with Gasteiger partial charge in [0.25, 0.3) is 0 Å². The summed E-state index contributed by atoms with van der Waals surface area (Å²) < 4.78 is 0. The number of rotatable bonds is 3. The quantitative estimate of drug-likeness (QED) is 0.652. The SMILES string of the molecule is CCCN1CCN(C(C)C)CC1=O. The van der Waals surface area contributed by atoms with Gasteiger partial charge in [0.1, 0.15) is 0 Å². The smallest absolute Gasteiger partial charge is 0.236 e. The average Bonchev–Trinajstić information content (AvgIpc) is 2.08. The Kier molecular flexibility index (Phi) is 3.72. The fourth-order valence-corrected chi connectivity index (χ4v) is 1.67. The number of piperazine rings is 1. The van der Waals surface area contributed by atoms with Gasteiger partial charge in [0.15, 0.2) is 0 Å². The molecule has 0 spiro atoms. The summed E-state index contributed by atoms with van der Waals surface area (Å²) in [5, 5.41) is 0. The van der Waals surface area contributed by atoms with Crippen molar-refractivity contribution in [1.29, 1.82) is 0 Å². The molecule has 1 aliphatic heterocycles. The van der Waals surface area contributed by atoms with E-state index in [2.05, 4.69) is 25.7 Å². The van der Waals surface area contributed by atoms with E-state index in [-0.39, 0.29) is 0 Å². The highest BCUT2D eigenvalue weighted by Gasteiger charge is 2.24. The molecule has 1 rings (SSSR count). The molecule has 0 atom stereocenters. The molecule has 0 bridgehead atoms. The predicted molar refractivity (Wildman–Crippen MR) is 53.6 cm³/mol. The zero-order valence-corrected chi connectivity index (χ0v) is 8.92. The molecule has 1 aliphatic rings. The molecule has 0 aromatic heterocycles. The van der Waals surface area contributed by atoms with E-state index in [0.717, 1.165) is 26.1 Å². The lowest BCUT2D eigenvalue weighted by Crippen LogP contribution is -2.52. The maximum absolute atomic E-state index is 11.6. The Labute approximate surface area is 80.7 Å². The summed E-state index contributed by atoms with van der Waals surface area (Å²) in [4.78, 5) is 15.8. The van der Waals surface area contributed by atoms with Gasteiger partial charge in [-0.3, -0.25) is 9.69 Å². The second-order valence-electron chi connectivity index (χ2n) is 3.95. The van der Waals surface area contributed by atoms with E-state index < -0.39 is 0 Å². The molecule has 1 heterocycles. The van der Waals surface area contributed by atoms with E-state index in [9.17, 15) is 4.79 Å². The van der Waals surface area contributed by atoms with Gasteiger partial charge in [0.05, 0.1) is 6.54 Å². The molecule has 3 nitrogen and oxygen atoms in total. The second-order valence-corrected chi connectivity index (χ2v) is 3.95. The molecular weight excluding hydrogens is 164 g/mol. The standard InChI is InChI=1S/C10H20N2O/c1-4-5-11-6-7-12(9(2)3)8-10(11)13/h9H,4-8H2,1-3H3. The lowest BCUT2D eigenvalue weighted by Gasteiger charge is -2.36. The summed E-state index contributed by atoms with van der Waals surface area (Å²) in [6.45, 7) is 9.87. The number of hydrogen-bond donors (Lipinski definition) is 0. The average molecular weight is 184 g/mol. The topological polar surface area (TPSA) is 23.6 Å². The molecule has 0 N–H and O–H groups in total. The van der Waals surface area contributed by atoms with E-state index in [1.807, 2.05) is 4.90 Å². The van der Waals surface area contributed by atoms with Gasteiger partial charge in [-0.25, -0.2) is 0 Å². The van der Waals surface area contributed by atoms with Gasteiger partial charge in [-0.05, 0) is 20.3 Å². The fraction of sp³-hybridized carbons (Fsp3) is 0.900. The molecule has 1 saturated heterocycles. The van der Waals surface area contributed by atoms with Gasteiger partial charge in [-0.15, -0.1) is 0 Å². The Morgan fingerprint density at radius 1 is 1.38 bits per heavy atom. The monoisotopic (exact) mass is 184 g/mol. The Bertz CT molecular complexity index is 180. The number of carbonyl (C=O) groups is 1. The molecule has 0 saturated carbocycles. The van der Waals surface area contributed by atoms with E-state index in [1.54, 1.807) is 0 Å². The largest absolute Gasteiger partial charge is 0.340 e. The van der Waals surface area contributed by atoms with E-state index in [0.29, 0.717) is 18.5 Å². The highest BCUT2D eigenvalue weighted by atomic mass is 16.2. The zero-order valence-electron chi connectivity index (χ0n) is 8.92. The van der Waals surface area contributed by atoms with E-state index in [1.165, 1.54) is 0 Å². The van der Waals surface area contributed by atoms with Crippen molar-refractivity contribution >= 4 is 5.91 Å². The molecule has 1 fully saturated rings. The van der Waals surface area contributed by atoms with Crippen molar-refractivity contribution in [1.82, 2.24) is 9.80 Å². The normalized spacial score (nSPS) is 20.0. The number of nitrogens with zero attached hydrogens (tertiary/aromatic N) is 2. The van der Waals surface area contributed by atoms with Gasteiger partial charge >= 0.3 is 0 Å². The molecule has 0 aromatic carbocycles. The van der Waals surface area contributed by atoms with Crippen LogP contribution in [-0.4, -0.2) is 47.9 Å². The highest BCUT2D eigenvalue weighted by Crippen LogP contribution is 2.07. The first-order valence-corrected chi connectivity index (χ1v) is 5.17. The van der Waals surface area contributed by atoms with Crippen molar-refractivity contribution in [3.05, 3.63) is 0 Å². The van der Waals surface area contributed by atoms with Crippen LogP contribution in [0.15, 0.2) is 0 Å². The summed E-state index contributed by atoms with van der Waals surface area (Å²) in [5.74, 6) is 0.293. The molecule has 13 heavy (non-hydrogen) atoms. The van der Waals surface area contributed by atoms with Crippen LogP contribution in [0, 0.1) is 0 Å². The Morgan fingerprint density at radius 3 is 2.54 bits per heavy atom. The third-order valence-corrected chi connectivity index (χ3v) is 2.57. The van der Waals surface area contributed by atoms with Crippen LogP contribution in [0.2, 0.25) is 0 Å². The lowest BCUT2D eigenvalue weighted by molar-refractivity contribution is -0.136. The van der Waals surface area contributed by atoms with Crippen LogP contribution < -0.4 is 0 Å². The molecule has 0 radical (unpaired) electrons. The van der Waals surface area contributed by atoms with Crippen molar-refractivity contribution in [2.75, 3.05) is 26.2 Å². The van der Waals surface area contributed by atoms with Gasteiger partial charge in [0.2, 0.25) is 5.91 Å². The molecule has 0 unspecified atom stereocenters. The first-order valence-electron chi connectivity index (χ1n) is 5.17. The minimum absolute atomic E-state index is 0.293. The van der Waals surface area contributed by atoms with Crippen LogP contribution in [0.5, 0.6) is 0 Å². The predicted octanol–water partition coefficient (Wildman–Crippen LogP) is 0.949. The van der Waals surface area contributed by atoms with Crippen LogP contribution in [0.3, 0.4) is 0 Å². The highest BCUT2D eigenvalue weighted by molar-refractivity contribution is 5.79. The Hall–Kier alpha value is -0.570. The first kappa shape index (κ1) is 10.5.